The molecule has 2 aromatic rings. The molecule has 1 fully saturated rings. The second-order valence-corrected chi connectivity index (χ2v) is 7.27. The molecule has 8 heteroatoms. The summed E-state index contributed by atoms with van der Waals surface area (Å²) in [7, 11) is -1.35. The van der Waals surface area contributed by atoms with Crippen LogP contribution in [0, 0.1) is 5.92 Å². The van der Waals surface area contributed by atoms with Crippen molar-refractivity contribution >= 4 is 26.9 Å². The van der Waals surface area contributed by atoms with Gasteiger partial charge in [0.2, 0.25) is 11.8 Å². The monoisotopic (exact) mass is 296 g/mol. The van der Waals surface area contributed by atoms with Crippen molar-refractivity contribution in [3.05, 3.63) is 12.1 Å². The first kappa shape index (κ1) is 13.2. The van der Waals surface area contributed by atoms with Gasteiger partial charge >= 0.3 is 0 Å². The minimum Gasteiger partial charge on any atom is -0.481 e. The zero-order chi connectivity index (χ0) is 14.3. The molecule has 0 aromatic carbocycles. The molecule has 7 nitrogen and oxygen atoms in total. The van der Waals surface area contributed by atoms with Crippen molar-refractivity contribution in [2.45, 2.75) is 13.0 Å². The lowest BCUT2D eigenvalue weighted by atomic mass is 10.1. The lowest BCUT2D eigenvalue weighted by Gasteiger charge is -2.11. The van der Waals surface area contributed by atoms with E-state index in [1.54, 1.807) is 23.8 Å². The Bertz CT molecular complexity index is 753. The van der Waals surface area contributed by atoms with Gasteiger partial charge in [-0.3, -0.25) is 4.57 Å². The number of pyridine rings is 1. The molecule has 0 aliphatic carbocycles. The number of nitrogens with two attached hydrogens (primary N) is 1. The van der Waals surface area contributed by atoms with Gasteiger partial charge in [0.15, 0.2) is 15.5 Å². The molecule has 0 bridgehead atoms. The average molecular weight is 296 g/mol. The molecule has 3 heterocycles. The lowest BCUT2D eigenvalue weighted by Crippen LogP contribution is -2.14. The van der Waals surface area contributed by atoms with E-state index >= 15 is 0 Å². The average Bonchev–Trinajstić information content (AvgIpc) is 2.90. The van der Waals surface area contributed by atoms with Crippen molar-refractivity contribution in [3.8, 4) is 5.88 Å². The first-order valence-electron chi connectivity index (χ1n) is 6.36. The van der Waals surface area contributed by atoms with Crippen LogP contribution in [0.3, 0.4) is 0 Å². The maximum atomic E-state index is 11.5. The Morgan fingerprint density at radius 1 is 1.45 bits per heavy atom. The summed E-state index contributed by atoms with van der Waals surface area (Å²) in [5, 5.41) is 0. The van der Waals surface area contributed by atoms with Crippen LogP contribution in [0.2, 0.25) is 0 Å². The summed E-state index contributed by atoms with van der Waals surface area (Å²) in [4.78, 5) is 8.58. The maximum absolute atomic E-state index is 11.5. The zero-order valence-electron chi connectivity index (χ0n) is 11.1. The molecule has 0 spiro atoms. The molecule has 1 aliphatic rings. The van der Waals surface area contributed by atoms with Gasteiger partial charge in [-0.05, 0) is 18.4 Å². The molecule has 1 saturated heterocycles. The predicted molar refractivity (Wildman–Crippen MR) is 75.3 cm³/mol. The summed E-state index contributed by atoms with van der Waals surface area (Å²) in [5.74, 6) is 1.35. The number of rotatable bonds is 3. The van der Waals surface area contributed by atoms with Crippen LogP contribution in [-0.2, 0) is 16.4 Å². The third-order valence-corrected chi connectivity index (χ3v) is 5.41. The molecule has 1 aliphatic heterocycles. The Morgan fingerprint density at radius 2 is 2.25 bits per heavy atom. The molecular formula is C12H16N4O3S. The molecule has 3 rings (SSSR count). The first-order valence-corrected chi connectivity index (χ1v) is 8.18. The number of hydrogen-bond donors (Lipinski definition) is 1. The summed E-state index contributed by atoms with van der Waals surface area (Å²) < 4.78 is 29.9. The van der Waals surface area contributed by atoms with Crippen LogP contribution < -0.4 is 10.5 Å². The van der Waals surface area contributed by atoms with Crippen molar-refractivity contribution in [1.29, 1.82) is 0 Å². The number of aromatic nitrogens is 3. The van der Waals surface area contributed by atoms with Crippen LogP contribution in [0.4, 0.5) is 5.95 Å². The van der Waals surface area contributed by atoms with E-state index < -0.39 is 9.84 Å². The molecule has 20 heavy (non-hydrogen) atoms. The molecule has 2 N–H and O–H groups in total. The number of hydrogen-bond acceptors (Lipinski definition) is 6. The van der Waals surface area contributed by atoms with Crippen LogP contribution in [0.25, 0.3) is 11.2 Å². The van der Waals surface area contributed by atoms with E-state index in [0.717, 1.165) is 0 Å². The van der Waals surface area contributed by atoms with Gasteiger partial charge in [-0.1, -0.05) is 0 Å². The van der Waals surface area contributed by atoms with E-state index in [4.69, 9.17) is 10.5 Å². The normalized spacial score (nSPS) is 21.4. The number of nitrogens with zero attached hydrogens (tertiary/aromatic N) is 3. The third-order valence-electron chi connectivity index (χ3n) is 3.57. The van der Waals surface area contributed by atoms with E-state index in [1.165, 1.54) is 0 Å². The van der Waals surface area contributed by atoms with Crippen LogP contribution >= 0.6 is 0 Å². The van der Waals surface area contributed by atoms with Crippen molar-refractivity contribution in [3.63, 3.8) is 0 Å². The molecular weight excluding hydrogens is 280 g/mol. The van der Waals surface area contributed by atoms with E-state index in [2.05, 4.69) is 9.97 Å². The Kier molecular flexibility index (Phi) is 3.04. The highest BCUT2D eigenvalue weighted by atomic mass is 32.2. The Hall–Kier alpha value is -1.83. The fourth-order valence-electron chi connectivity index (χ4n) is 2.57. The quantitative estimate of drug-likeness (QED) is 0.883. The molecule has 2 aromatic heterocycles. The van der Waals surface area contributed by atoms with Gasteiger partial charge in [-0.2, -0.15) is 4.98 Å². The number of nitrogen functional groups attached to an aromatic ring is 1. The van der Waals surface area contributed by atoms with Crippen LogP contribution in [0.5, 0.6) is 5.88 Å². The Morgan fingerprint density at radius 3 is 2.90 bits per heavy atom. The lowest BCUT2D eigenvalue weighted by molar-refractivity contribution is 0.398. The highest BCUT2D eigenvalue weighted by molar-refractivity contribution is 7.91. The Labute approximate surface area is 116 Å². The van der Waals surface area contributed by atoms with Crippen molar-refractivity contribution in [2.75, 3.05) is 24.3 Å². The molecule has 0 saturated carbocycles. The number of fused-ring (bicyclic) bond motifs is 1. The highest BCUT2D eigenvalue weighted by Crippen LogP contribution is 2.25. The van der Waals surface area contributed by atoms with Crippen LogP contribution in [-0.4, -0.2) is 41.6 Å². The van der Waals surface area contributed by atoms with Gasteiger partial charge in [0.05, 0.1) is 18.6 Å². The van der Waals surface area contributed by atoms with Gasteiger partial charge in [0.1, 0.15) is 5.52 Å². The smallest absolute Gasteiger partial charge is 0.215 e. The number of imidazole rings is 1. The minimum absolute atomic E-state index is 0.0627. The van der Waals surface area contributed by atoms with Crippen LogP contribution in [0.15, 0.2) is 12.1 Å². The molecule has 1 unspecified atom stereocenters. The van der Waals surface area contributed by atoms with E-state index in [1.807, 2.05) is 0 Å². The SMILES string of the molecule is COc1ccc2nc(N)n(CC3CCS(=O)(=O)C3)c2n1. The Balaban J connectivity index is 1.96. The van der Waals surface area contributed by atoms with Gasteiger partial charge in [0, 0.05) is 12.6 Å². The molecule has 0 radical (unpaired) electrons. The maximum Gasteiger partial charge on any atom is 0.215 e. The highest BCUT2D eigenvalue weighted by Gasteiger charge is 2.29. The standard InChI is InChI=1S/C12H16N4O3S/c1-19-10-3-2-9-11(15-10)16(12(13)14-9)6-8-4-5-20(17,18)7-8/h2-3,8H,4-7H2,1H3,(H2,13,14). The van der Waals surface area contributed by atoms with E-state index in [9.17, 15) is 8.42 Å². The topological polar surface area (TPSA) is 100 Å². The minimum atomic E-state index is -2.90. The summed E-state index contributed by atoms with van der Waals surface area (Å²) in [6.45, 7) is 0.516. The second kappa shape index (κ2) is 4.62. The number of anilines is 1. The molecule has 1 atom stereocenters. The van der Waals surface area contributed by atoms with E-state index in [-0.39, 0.29) is 17.4 Å². The van der Waals surface area contributed by atoms with Crippen molar-refractivity contribution in [2.24, 2.45) is 5.92 Å². The van der Waals surface area contributed by atoms with Gasteiger partial charge in [-0.15, -0.1) is 0 Å². The second-order valence-electron chi connectivity index (χ2n) is 5.05. The number of sulfone groups is 1. The fraction of sp³-hybridized carbons (Fsp3) is 0.500. The zero-order valence-corrected chi connectivity index (χ0v) is 11.9. The van der Waals surface area contributed by atoms with E-state index in [0.29, 0.717) is 36.0 Å². The summed E-state index contributed by atoms with van der Waals surface area (Å²) in [6.07, 6.45) is 0.658. The molecule has 0 amide bonds. The van der Waals surface area contributed by atoms with Crippen molar-refractivity contribution in [1.82, 2.24) is 14.5 Å². The number of ether oxygens (including phenoxy) is 1. The third kappa shape index (κ3) is 2.31. The summed E-state index contributed by atoms with van der Waals surface area (Å²) in [6, 6.07) is 3.51. The van der Waals surface area contributed by atoms with Gasteiger partial charge in [0.25, 0.3) is 0 Å². The number of methoxy groups -OCH3 is 1. The van der Waals surface area contributed by atoms with Gasteiger partial charge < -0.3 is 10.5 Å². The first-order chi connectivity index (χ1) is 9.48. The summed E-state index contributed by atoms with van der Waals surface area (Å²) in [5.41, 5.74) is 7.23. The predicted octanol–water partition coefficient (Wildman–Crippen LogP) is 0.457. The van der Waals surface area contributed by atoms with Gasteiger partial charge in [-0.25, -0.2) is 13.4 Å². The largest absolute Gasteiger partial charge is 0.481 e. The van der Waals surface area contributed by atoms with Crippen LogP contribution in [0.1, 0.15) is 6.42 Å². The van der Waals surface area contributed by atoms with Crippen molar-refractivity contribution < 1.29 is 13.2 Å². The molecule has 108 valence electrons. The summed E-state index contributed by atoms with van der Waals surface area (Å²) >= 11 is 0. The fourth-order valence-corrected chi connectivity index (χ4v) is 4.42.